The molecule has 17 heavy (non-hydrogen) atoms. The molecule has 1 aliphatic rings. The fourth-order valence-electron chi connectivity index (χ4n) is 1.93. The van der Waals surface area contributed by atoms with Gasteiger partial charge in [-0.1, -0.05) is 0 Å². The van der Waals surface area contributed by atoms with Crippen LogP contribution < -0.4 is 0 Å². The molecule has 1 aliphatic carbocycles. The Balaban J connectivity index is 2.05. The van der Waals surface area contributed by atoms with Gasteiger partial charge in [-0.05, 0) is 38.7 Å². The summed E-state index contributed by atoms with van der Waals surface area (Å²) in [6.07, 6.45) is 4.05. The van der Waals surface area contributed by atoms with Crippen LogP contribution in [-0.4, -0.2) is 28.6 Å². The molecule has 0 aromatic carbocycles. The molecule has 1 fully saturated rings. The van der Waals surface area contributed by atoms with Gasteiger partial charge in [0, 0.05) is 12.6 Å². The van der Waals surface area contributed by atoms with Crippen LogP contribution in [0.2, 0.25) is 0 Å². The summed E-state index contributed by atoms with van der Waals surface area (Å²) in [6.45, 7) is 5.89. The lowest BCUT2D eigenvalue weighted by Gasteiger charge is -2.25. The molecule has 0 amide bonds. The predicted molar refractivity (Wildman–Crippen MR) is 63.9 cm³/mol. The van der Waals surface area contributed by atoms with Crippen LogP contribution in [0.3, 0.4) is 0 Å². The lowest BCUT2D eigenvalue weighted by atomic mass is 10.2. The van der Waals surface area contributed by atoms with E-state index in [0.717, 1.165) is 12.5 Å². The second kappa shape index (κ2) is 4.92. The van der Waals surface area contributed by atoms with Crippen LogP contribution in [0.15, 0.2) is 16.7 Å². The molecule has 1 aromatic rings. The second-order valence-electron chi connectivity index (χ2n) is 5.03. The number of aromatic carboxylic acids is 1. The predicted octanol–water partition coefficient (Wildman–Crippen LogP) is 2.60. The highest BCUT2D eigenvalue weighted by Crippen LogP contribution is 2.31. The second-order valence-corrected chi connectivity index (χ2v) is 5.03. The molecule has 0 saturated heterocycles. The molecule has 4 nitrogen and oxygen atoms in total. The minimum atomic E-state index is -0.913. The zero-order chi connectivity index (χ0) is 12.4. The van der Waals surface area contributed by atoms with E-state index in [1.54, 1.807) is 0 Å². The summed E-state index contributed by atoms with van der Waals surface area (Å²) in [5.41, 5.74) is 0.284. The van der Waals surface area contributed by atoms with Gasteiger partial charge in [0.25, 0.3) is 0 Å². The molecule has 0 unspecified atom stereocenters. The molecule has 94 valence electrons. The number of carbonyl (C=O) groups is 1. The van der Waals surface area contributed by atoms with Gasteiger partial charge in [-0.2, -0.15) is 0 Å². The zero-order valence-electron chi connectivity index (χ0n) is 10.3. The number of carboxylic acid groups (broad SMARTS) is 1. The largest absolute Gasteiger partial charge is 0.478 e. The van der Waals surface area contributed by atoms with Gasteiger partial charge in [0.1, 0.15) is 11.3 Å². The standard InChI is InChI=1S/C13H19NO3/c1-9(2)14(7-10-3-4-10)8-12-11(13(15)16)5-6-17-12/h5-6,9-10H,3-4,7-8H2,1-2H3,(H,15,16). The van der Waals surface area contributed by atoms with Gasteiger partial charge >= 0.3 is 5.97 Å². The van der Waals surface area contributed by atoms with E-state index in [0.29, 0.717) is 18.3 Å². The van der Waals surface area contributed by atoms with Crippen molar-refractivity contribution in [2.45, 2.75) is 39.3 Å². The van der Waals surface area contributed by atoms with Gasteiger partial charge in [-0.15, -0.1) is 0 Å². The van der Waals surface area contributed by atoms with Crippen molar-refractivity contribution in [3.05, 3.63) is 23.7 Å². The molecule has 4 heteroatoms. The van der Waals surface area contributed by atoms with Gasteiger partial charge in [-0.3, -0.25) is 4.90 Å². The molecule has 0 bridgehead atoms. The van der Waals surface area contributed by atoms with Crippen molar-refractivity contribution in [2.24, 2.45) is 5.92 Å². The molecule has 1 saturated carbocycles. The third kappa shape index (κ3) is 3.09. The van der Waals surface area contributed by atoms with Gasteiger partial charge in [-0.25, -0.2) is 4.79 Å². The van der Waals surface area contributed by atoms with Crippen molar-refractivity contribution >= 4 is 5.97 Å². The molecule has 0 atom stereocenters. The smallest absolute Gasteiger partial charge is 0.339 e. The van der Waals surface area contributed by atoms with Crippen molar-refractivity contribution < 1.29 is 14.3 Å². The van der Waals surface area contributed by atoms with Crippen LogP contribution in [0.25, 0.3) is 0 Å². The van der Waals surface area contributed by atoms with E-state index in [9.17, 15) is 4.79 Å². The lowest BCUT2D eigenvalue weighted by Crippen LogP contribution is -2.32. The quantitative estimate of drug-likeness (QED) is 0.826. The molecule has 1 aromatic heterocycles. The molecule has 1 N–H and O–H groups in total. The topological polar surface area (TPSA) is 53.7 Å². The van der Waals surface area contributed by atoms with Crippen molar-refractivity contribution in [3.63, 3.8) is 0 Å². The van der Waals surface area contributed by atoms with E-state index >= 15 is 0 Å². The summed E-state index contributed by atoms with van der Waals surface area (Å²) in [5, 5.41) is 9.02. The Morgan fingerprint density at radius 2 is 2.29 bits per heavy atom. The van der Waals surface area contributed by atoms with Crippen molar-refractivity contribution in [1.82, 2.24) is 4.90 Å². The minimum Gasteiger partial charge on any atom is -0.478 e. The Kier molecular flexibility index (Phi) is 3.52. The van der Waals surface area contributed by atoms with Crippen molar-refractivity contribution in [2.75, 3.05) is 6.54 Å². The maximum absolute atomic E-state index is 11.0. The number of rotatable bonds is 6. The van der Waals surface area contributed by atoms with E-state index in [4.69, 9.17) is 9.52 Å². The Bertz CT molecular complexity index is 393. The molecule has 1 heterocycles. The molecule has 0 radical (unpaired) electrons. The van der Waals surface area contributed by atoms with Gasteiger partial charge in [0.15, 0.2) is 0 Å². The van der Waals surface area contributed by atoms with Crippen LogP contribution in [0.5, 0.6) is 0 Å². The van der Waals surface area contributed by atoms with Gasteiger partial charge in [0.2, 0.25) is 0 Å². The molecule has 0 aliphatic heterocycles. The average molecular weight is 237 g/mol. The van der Waals surface area contributed by atoms with E-state index in [1.807, 2.05) is 0 Å². The highest BCUT2D eigenvalue weighted by molar-refractivity contribution is 5.88. The van der Waals surface area contributed by atoms with E-state index in [1.165, 1.54) is 25.2 Å². The first kappa shape index (κ1) is 12.2. The van der Waals surface area contributed by atoms with Crippen molar-refractivity contribution in [3.8, 4) is 0 Å². The Labute approximate surface area is 101 Å². The highest BCUT2D eigenvalue weighted by atomic mass is 16.4. The minimum absolute atomic E-state index is 0.284. The highest BCUT2D eigenvalue weighted by Gasteiger charge is 2.27. The molecular formula is C13H19NO3. The molecular weight excluding hydrogens is 218 g/mol. The Morgan fingerprint density at radius 1 is 1.59 bits per heavy atom. The summed E-state index contributed by atoms with van der Waals surface area (Å²) in [7, 11) is 0. The molecule has 0 spiro atoms. The summed E-state index contributed by atoms with van der Waals surface area (Å²) >= 11 is 0. The summed E-state index contributed by atoms with van der Waals surface area (Å²) < 4.78 is 5.29. The van der Waals surface area contributed by atoms with E-state index in [-0.39, 0.29) is 5.56 Å². The number of nitrogens with zero attached hydrogens (tertiary/aromatic N) is 1. The number of carboxylic acids is 1. The Hall–Kier alpha value is -1.29. The SMILES string of the molecule is CC(C)N(Cc1occc1C(=O)O)CC1CC1. The third-order valence-electron chi connectivity index (χ3n) is 3.24. The zero-order valence-corrected chi connectivity index (χ0v) is 10.3. The van der Waals surface area contributed by atoms with E-state index < -0.39 is 5.97 Å². The Morgan fingerprint density at radius 3 is 2.82 bits per heavy atom. The lowest BCUT2D eigenvalue weighted by molar-refractivity contribution is 0.0691. The number of furan rings is 1. The van der Waals surface area contributed by atoms with Crippen LogP contribution in [-0.2, 0) is 6.54 Å². The van der Waals surface area contributed by atoms with Crippen LogP contribution >= 0.6 is 0 Å². The first-order valence-corrected chi connectivity index (χ1v) is 6.11. The van der Waals surface area contributed by atoms with E-state index in [2.05, 4.69) is 18.7 Å². The van der Waals surface area contributed by atoms with Gasteiger partial charge in [0.05, 0.1) is 12.8 Å². The maximum Gasteiger partial charge on any atom is 0.339 e. The maximum atomic E-state index is 11.0. The number of hydrogen-bond donors (Lipinski definition) is 1. The third-order valence-corrected chi connectivity index (χ3v) is 3.24. The van der Waals surface area contributed by atoms with Crippen LogP contribution in [0, 0.1) is 5.92 Å². The van der Waals surface area contributed by atoms with Crippen LogP contribution in [0.4, 0.5) is 0 Å². The summed E-state index contributed by atoms with van der Waals surface area (Å²) in [4.78, 5) is 13.3. The average Bonchev–Trinajstić information content (AvgIpc) is 2.93. The van der Waals surface area contributed by atoms with Crippen LogP contribution in [0.1, 0.15) is 42.8 Å². The molecule has 2 rings (SSSR count). The first-order chi connectivity index (χ1) is 8.08. The monoisotopic (exact) mass is 237 g/mol. The van der Waals surface area contributed by atoms with Gasteiger partial charge < -0.3 is 9.52 Å². The normalized spacial score (nSPS) is 15.8. The first-order valence-electron chi connectivity index (χ1n) is 6.11. The summed E-state index contributed by atoms with van der Waals surface area (Å²) in [6, 6.07) is 1.93. The number of hydrogen-bond acceptors (Lipinski definition) is 3. The fraction of sp³-hybridized carbons (Fsp3) is 0.615. The summed E-state index contributed by atoms with van der Waals surface area (Å²) in [5.74, 6) is 0.441. The fourth-order valence-corrected chi connectivity index (χ4v) is 1.93. The van der Waals surface area contributed by atoms with Crippen molar-refractivity contribution in [1.29, 1.82) is 0 Å².